The first-order chi connectivity index (χ1) is 9.65. The van der Waals surface area contributed by atoms with Gasteiger partial charge in [0.2, 0.25) is 0 Å². The molecule has 5 nitrogen and oxygen atoms in total. The van der Waals surface area contributed by atoms with Gasteiger partial charge in [0.15, 0.2) is 0 Å². The first kappa shape index (κ1) is 14.8. The van der Waals surface area contributed by atoms with Crippen molar-refractivity contribution in [3.05, 3.63) is 24.0 Å². The number of piperidine rings is 1. The van der Waals surface area contributed by atoms with Crippen LogP contribution in [0, 0.1) is 5.92 Å². The van der Waals surface area contributed by atoms with Crippen molar-refractivity contribution in [3.63, 3.8) is 0 Å². The second-order valence-corrected chi connectivity index (χ2v) is 5.47. The first-order valence-electron chi connectivity index (χ1n) is 7.36. The summed E-state index contributed by atoms with van der Waals surface area (Å²) in [6.07, 6.45) is 3.97. The molecule has 0 spiro atoms. The fourth-order valence-electron chi connectivity index (χ4n) is 2.79. The average molecular weight is 276 g/mol. The topological polar surface area (TPSA) is 71.2 Å². The van der Waals surface area contributed by atoms with Crippen LogP contribution in [0.1, 0.15) is 37.2 Å². The quantitative estimate of drug-likeness (QED) is 0.872. The van der Waals surface area contributed by atoms with E-state index in [1.165, 1.54) is 0 Å². The summed E-state index contributed by atoms with van der Waals surface area (Å²) >= 11 is 0. The lowest BCUT2D eigenvalue weighted by Gasteiger charge is -2.39. The van der Waals surface area contributed by atoms with Crippen molar-refractivity contribution in [3.8, 4) is 0 Å². The van der Waals surface area contributed by atoms with E-state index in [1.54, 1.807) is 6.20 Å². The van der Waals surface area contributed by atoms with E-state index >= 15 is 0 Å². The molecule has 1 saturated heterocycles. The number of nitrogens with one attached hydrogen (secondary N) is 1. The number of rotatable bonds is 4. The molecule has 0 radical (unpaired) electrons. The number of hydrogen-bond acceptors (Lipinski definition) is 4. The van der Waals surface area contributed by atoms with Crippen LogP contribution in [0.3, 0.4) is 0 Å². The lowest BCUT2D eigenvalue weighted by atomic mass is 9.92. The lowest BCUT2D eigenvalue weighted by molar-refractivity contribution is 0.0951. The molecule has 0 aliphatic carbocycles. The fourth-order valence-corrected chi connectivity index (χ4v) is 2.79. The zero-order valence-corrected chi connectivity index (χ0v) is 12.3. The Balaban J connectivity index is 2.19. The maximum Gasteiger partial charge on any atom is 0.269 e. The zero-order chi connectivity index (χ0) is 14.5. The van der Waals surface area contributed by atoms with Gasteiger partial charge in [-0.05, 0) is 37.8 Å². The predicted octanol–water partition coefficient (Wildman–Crippen LogP) is 1.39. The standard InChI is InChI=1S/C15H24N4O/c1-3-17-15(20)14-9-12(4-6-18-14)19-7-5-11(2)8-13(19)10-16/h4,6,9,11,13H,3,5,7-8,10,16H2,1-2H3,(H,17,20). The molecule has 0 bridgehead atoms. The molecule has 20 heavy (non-hydrogen) atoms. The molecular formula is C15H24N4O. The van der Waals surface area contributed by atoms with Gasteiger partial charge in [0, 0.05) is 37.6 Å². The molecule has 110 valence electrons. The third kappa shape index (κ3) is 3.28. The fraction of sp³-hybridized carbons (Fsp3) is 0.600. The highest BCUT2D eigenvalue weighted by Crippen LogP contribution is 2.27. The smallest absolute Gasteiger partial charge is 0.269 e. The Morgan fingerprint density at radius 1 is 1.60 bits per heavy atom. The molecule has 2 heterocycles. The summed E-state index contributed by atoms with van der Waals surface area (Å²) < 4.78 is 0. The first-order valence-corrected chi connectivity index (χ1v) is 7.36. The van der Waals surface area contributed by atoms with Crippen LogP contribution in [0.2, 0.25) is 0 Å². The third-order valence-electron chi connectivity index (χ3n) is 3.90. The Labute approximate surface area is 120 Å². The normalized spacial score (nSPS) is 22.6. The van der Waals surface area contributed by atoms with E-state index in [9.17, 15) is 4.79 Å². The summed E-state index contributed by atoms with van der Waals surface area (Å²) in [6, 6.07) is 4.17. The Bertz CT molecular complexity index is 463. The van der Waals surface area contributed by atoms with E-state index in [4.69, 9.17) is 5.73 Å². The Kier molecular flexibility index (Phi) is 4.95. The SMILES string of the molecule is CCNC(=O)c1cc(N2CCC(C)CC2CN)ccn1. The zero-order valence-electron chi connectivity index (χ0n) is 12.3. The van der Waals surface area contributed by atoms with Crippen molar-refractivity contribution < 1.29 is 4.79 Å². The molecule has 1 aromatic rings. The summed E-state index contributed by atoms with van der Waals surface area (Å²) in [5.41, 5.74) is 7.42. The van der Waals surface area contributed by atoms with E-state index in [0.717, 1.165) is 25.1 Å². The van der Waals surface area contributed by atoms with E-state index in [2.05, 4.69) is 22.1 Å². The van der Waals surface area contributed by atoms with Crippen LogP contribution in [0.25, 0.3) is 0 Å². The molecule has 2 unspecified atom stereocenters. The van der Waals surface area contributed by atoms with Crippen LogP contribution >= 0.6 is 0 Å². The Hall–Kier alpha value is -1.62. The number of amides is 1. The van der Waals surface area contributed by atoms with Gasteiger partial charge in [0.05, 0.1) is 0 Å². The molecule has 0 aromatic carbocycles. The summed E-state index contributed by atoms with van der Waals surface area (Å²) in [5, 5.41) is 2.78. The minimum Gasteiger partial charge on any atom is -0.367 e. The van der Waals surface area contributed by atoms with Crippen molar-refractivity contribution in [2.24, 2.45) is 11.7 Å². The van der Waals surface area contributed by atoms with E-state index in [-0.39, 0.29) is 5.91 Å². The monoisotopic (exact) mass is 276 g/mol. The largest absolute Gasteiger partial charge is 0.367 e. The number of aromatic nitrogens is 1. The molecule has 1 amide bonds. The van der Waals surface area contributed by atoms with Gasteiger partial charge >= 0.3 is 0 Å². The minimum atomic E-state index is -0.121. The molecular weight excluding hydrogens is 252 g/mol. The van der Waals surface area contributed by atoms with Crippen molar-refractivity contribution in [2.75, 3.05) is 24.5 Å². The molecule has 1 aliphatic rings. The highest BCUT2D eigenvalue weighted by atomic mass is 16.1. The maximum absolute atomic E-state index is 11.9. The molecule has 1 aliphatic heterocycles. The van der Waals surface area contributed by atoms with Crippen LogP contribution in [0.5, 0.6) is 0 Å². The second kappa shape index (κ2) is 6.70. The van der Waals surface area contributed by atoms with Gasteiger partial charge in [-0.25, -0.2) is 0 Å². The van der Waals surface area contributed by atoms with Crippen molar-refractivity contribution in [1.82, 2.24) is 10.3 Å². The number of carbonyl (C=O) groups excluding carboxylic acids is 1. The molecule has 1 aromatic heterocycles. The third-order valence-corrected chi connectivity index (χ3v) is 3.90. The molecule has 2 atom stereocenters. The van der Waals surface area contributed by atoms with E-state index < -0.39 is 0 Å². The number of hydrogen-bond donors (Lipinski definition) is 2. The molecule has 1 fully saturated rings. The van der Waals surface area contributed by atoms with Gasteiger partial charge in [-0.15, -0.1) is 0 Å². The summed E-state index contributed by atoms with van der Waals surface area (Å²) in [6.45, 7) is 6.41. The van der Waals surface area contributed by atoms with Crippen molar-refractivity contribution in [2.45, 2.75) is 32.7 Å². The van der Waals surface area contributed by atoms with Gasteiger partial charge in [-0.2, -0.15) is 0 Å². The Morgan fingerprint density at radius 3 is 3.10 bits per heavy atom. The molecule has 2 rings (SSSR count). The van der Waals surface area contributed by atoms with Crippen LogP contribution < -0.4 is 16.0 Å². The Morgan fingerprint density at radius 2 is 2.40 bits per heavy atom. The summed E-state index contributed by atoms with van der Waals surface area (Å²) in [5.74, 6) is 0.591. The molecule has 3 N–H and O–H groups in total. The molecule has 5 heteroatoms. The van der Waals surface area contributed by atoms with Crippen LogP contribution in [0.15, 0.2) is 18.3 Å². The highest BCUT2D eigenvalue weighted by molar-refractivity contribution is 5.93. The maximum atomic E-state index is 11.9. The second-order valence-electron chi connectivity index (χ2n) is 5.47. The van der Waals surface area contributed by atoms with Crippen molar-refractivity contribution >= 4 is 11.6 Å². The van der Waals surface area contributed by atoms with E-state index in [1.807, 2.05) is 19.1 Å². The van der Waals surface area contributed by atoms with Gasteiger partial charge in [-0.1, -0.05) is 6.92 Å². The number of nitrogens with zero attached hydrogens (tertiary/aromatic N) is 2. The van der Waals surface area contributed by atoms with Crippen LogP contribution in [0.4, 0.5) is 5.69 Å². The van der Waals surface area contributed by atoms with Crippen molar-refractivity contribution in [1.29, 1.82) is 0 Å². The summed E-state index contributed by atoms with van der Waals surface area (Å²) in [4.78, 5) is 18.3. The predicted molar refractivity (Wildman–Crippen MR) is 80.8 cm³/mol. The van der Waals surface area contributed by atoms with Gasteiger partial charge < -0.3 is 16.0 Å². The van der Waals surface area contributed by atoms with Crippen LogP contribution in [-0.2, 0) is 0 Å². The summed E-state index contributed by atoms with van der Waals surface area (Å²) in [7, 11) is 0. The lowest BCUT2D eigenvalue weighted by Crippen LogP contribution is -2.46. The number of anilines is 1. The highest BCUT2D eigenvalue weighted by Gasteiger charge is 2.25. The number of pyridine rings is 1. The average Bonchev–Trinajstić information content (AvgIpc) is 2.47. The minimum absolute atomic E-state index is 0.121. The van der Waals surface area contributed by atoms with Gasteiger partial charge in [0.25, 0.3) is 5.91 Å². The van der Waals surface area contributed by atoms with Gasteiger partial charge in [0.1, 0.15) is 5.69 Å². The van der Waals surface area contributed by atoms with Crippen LogP contribution in [-0.4, -0.2) is 36.6 Å². The number of nitrogens with two attached hydrogens (primary N) is 1. The molecule has 0 saturated carbocycles. The number of carbonyl (C=O) groups is 1. The van der Waals surface area contributed by atoms with E-state index in [0.29, 0.717) is 30.7 Å². The van der Waals surface area contributed by atoms with Gasteiger partial charge in [-0.3, -0.25) is 9.78 Å².